The highest BCUT2D eigenvalue weighted by atomic mass is 32.1. The molecule has 2 heterocycles. The average Bonchev–Trinajstić information content (AvgIpc) is 2.85. The molecule has 0 aliphatic carbocycles. The smallest absolute Gasteiger partial charge is 0.370 e. The fourth-order valence-corrected chi connectivity index (χ4v) is 2.79. The highest BCUT2D eigenvalue weighted by molar-refractivity contribution is 7.16. The van der Waals surface area contributed by atoms with Crippen molar-refractivity contribution in [1.82, 2.24) is 14.9 Å². The predicted molar refractivity (Wildman–Crippen MR) is 78.6 cm³/mol. The number of nitrogens with one attached hydrogen (secondary N) is 1. The fourth-order valence-electron chi connectivity index (χ4n) is 2.01. The van der Waals surface area contributed by atoms with Crippen LogP contribution < -0.4 is 5.32 Å². The number of rotatable bonds is 6. The van der Waals surface area contributed by atoms with E-state index in [0.29, 0.717) is 24.7 Å². The molecule has 0 saturated heterocycles. The van der Waals surface area contributed by atoms with Gasteiger partial charge < -0.3 is 5.32 Å². The van der Waals surface area contributed by atoms with E-state index in [-0.39, 0.29) is 6.54 Å². The minimum Gasteiger partial charge on any atom is -0.370 e. The van der Waals surface area contributed by atoms with E-state index in [9.17, 15) is 13.2 Å². The number of fused-ring (bicyclic) bond motifs is 1. The van der Waals surface area contributed by atoms with Crippen molar-refractivity contribution in [2.24, 2.45) is 0 Å². The second-order valence-corrected chi connectivity index (χ2v) is 5.47. The Balaban J connectivity index is 2.24. The Morgan fingerprint density at radius 3 is 2.67 bits per heavy atom. The standard InChI is InChI=1S/C13H17F3N4S/c1-3-17-11-9-5-6-21-12(9)19-10(18-11)7-20(4-2)8-13(14,15)16/h5-6H,3-4,7-8H2,1-2H3,(H,17,18,19). The van der Waals surface area contributed by atoms with Gasteiger partial charge in [0.05, 0.1) is 18.5 Å². The number of halogens is 3. The highest BCUT2D eigenvalue weighted by Gasteiger charge is 2.30. The minimum atomic E-state index is -4.21. The van der Waals surface area contributed by atoms with Gasteiger partial charge in [0.1, 0.15) is 16.5 Å². The first-order valence-corrected chi connectivity index (χ1v) is 7.58. The van der Waals surface area contributed by atoms with Gasteiger partial charge in [0.25, 0.3) is 0 Å². The Bertz CT molecular complexity index is 597. The van der Waals surface area contributed by atoms with Crippen molar-refractivity contribution >= 4 is 27.4 Å². The van der Waals surface area contributed by atoms with Crippen molar-refractivity contribution in [2.75, 3.05) is 25.0 Å². The van der Waals surface area contributed by atoms with E-state index in [2.05, 4.69) is 15.3 Å². The Kier molecular flexibility index (Phi) is 5.00. The van der Waals surface area contributed by atoms with Gasteiger partial charge in [-0.2, -0.15) is 13.2 Å². The molecule has 0 radical (unpaired) electrons. The first-order valence-electron chi connectivity index (χ1n) is 6.70. The van der Waals surface area contributed by atoms with Gasteiger partial charge in [0.2, 0.25) is 0 Å². The van der Waals surface area contributed by atoms with Gasteiger partial charge in [-0.15, -0.1) is 11.3 Å². The van der Waals surface area contributed by atoms with Crippen LogP contribution in [0.1, 0.15) is 19.7 Å². The van der Waals surface area contributed by atoms with Gasteiger partial charge in [0.15, 0.2) is 0 Å². The van der Waals surface area contributed by atoms with E-state index >= 15 is 0 Å². The summed E-state index contributed by atoms with van der Waals surface area (Å²) < 4.78 is 37.5. The van der Waals surface area contributed by atoms with Crippen LogP contribution in [0.2, 0.25) is 0 Å². The van der Waals surface area contributed by atoms with Crippen molar-refractivity contribution in [3.05, 3.63) is 17.3 Å². The van der Waals surface area contributed by atoms with Gasteiger partial charge in [-0.1, -0.05) is 6.92 Å². The molecule has 116 valence electrons. The van der Waals surface area contributed by atoms with Gasteiger partial charge in [-0.25, -0.2) is 9.97 Å². The monoisotopic (exact) mass is 318 g/mol. The summed E-state index contributed by atoms with van der Waals surface area (Å²) in [5.41, 5.74) is 0. The molecular formula is C13H17F3N4S. The van der Waals surface area contributed by atoms with Crippen LogP contribution >= 0.6 is 11.3 Å². The van der Waals surface area contributed by atoms with Crippen LogP contribution in [0, 0.1) is 0 Å². The largest absolute Gasteiger partial charge is 0.401 e. The van der Waals surface area contributed by atoms with Crippen LogP contribution in [0.3, 0.4) is 0 Å². The molecule has 1 N–H and O–H groups in total. The molecule has 0 unspecified atom stereocenters. The number of nitrogens with zero attached hydrogens (tertiary/aromatic N) is 3. The summed E-state index contributed by atoms with van der Waals surface area (Å²) in [4.78, 5) is 10.8. The normalized spacial score (nSPS) is 12.3. The third-order valence-electron chi connectivity index (χ3n) is 2.93. The molecule has 2 aromatic rings. The molecule has 0 saturated carbocycles. The zero-order chi connectivity index (χ0) is 15.5. The molecular weight excluding hydrogens is 301 g/mol. The molecule has 2 aromatic heterocycles. The number of aromatic nitrogens is 2. The van der Waals surface area contributed by atoms with Crippen molar-refractivity contribution < 1.29 is 13.2 Å². The summed E-state index contributed by atoms with van der Waals surface area (Å²) in [5.74, 6) is 1.09. The van der Waals surface area contributed by atoms with Crippen LogP contribution in [0.4, 0.5) is 19.0 Å². The minimum absolute atomic E-state index is 0.0856. The van der Waals surface area contributed by atoms with Gasteiger partial charge >= 0.3 is 6.18 Å². The maximum atomic E-state index is 12.5. The first-order chi connectivity index (χ1) is 9.93. The Labute approximate surface area is 125 Å². The second kappa shape index (κ2) is 6.57. The number of thiophene rings is 1. The molecule has 4 nitrogen and oxygen atoms in total. The molecule has 0 amide bonds. The van der Waals surface area contributed by atoms with E-state index in [1.54, 1.807) is 6.92 Å². The number of alkyl halides is 3. The lowest BCUT2D eigenvalue weighted by Crippen LogP contribution is -2.34. The lowest BCUT2D eigenvalue weighted by atomic mass is 10.3. The molecule has 8 heteroatoms. The quantitative estimate of drug-likeness (QED) is 0.885. The molecule has 0 atom stereocenters. The summed E-state index contributed by atoms with van der Waals surface area (Å²) >= 11 is 1.46. The first kappa shape index (κ1) is 16.0. The number of hydrogen-bond donors (Lipinski definition) is 1. The van der Waals surface area contributed by atoms with Crippen LogP contribution in [-0.2, 0) is 6.54 Å². The summed E-state index contributed by atoms with van der Waals surface area (Å²) in [6.45, 7) is 3.76. The molecule has 0 bridgehead atoms. The SMILES string of the molecule is CCNc1nc(CN(CC)CC(F)(F)F)nc2sccc12. The highest BCUT2D eigenvalue weighted by Crippen LogP contribution is 2.25. The summed E-state index contributed by atoms with van der Waals surface area (Å²) in [5, 5.41) is 5.94. The fraction of sp³-hybridized carbons (Fsp3) is 0.538. The lowest BCUT2D eigenvalue weighted by molar-refractivity contribution is -0.146. The van der Waals surface area contributed by atoms with Crippen LogP contribution in [-0.4, -0.2) is 40.7 Å². The van der Waals surface area contributed by atoms with E-state index < -0.39 is 12.7 Å². The topological polar surface area (TPSA) is 41.1 Å². The molecule has 0 aliphatic rings. The zero-order valence-corrected chi connectivity index (χ0v) is 12.7. The zero-order valence-electron chi connectivity index (χ0n) is 11.9. The third kappa shape index (κ3) is 4.28. The molecule has 0 aliphatic heterocycles. The van der Waals surface area contributed by atoms with Gasteiger partial charge in [-0.05, 0) is 24.9 Å². The van der Waals surface area contributed by atoms with Crippen molar-refractivity contribution in [3.63, 3.8) is 0 Å². The summed E-state index contributed by atoms with van der Waals surface area (Å²) in [7, 11) is 0. The Morgan fingerprint density at radius 1 is 1.29 bits per heavy atom. The van der Waals surface area contributed by atoms with Crippen molar-refractivity contribution in [3.8, 4) is 0 Å². The maximum Gasteiger partial charge on any atom is 0.401 e. The molecule has 0 aromatic carbocycles. The van der Waals surface area contributed by atoms with Crippen LogP contribution in [0.5, 0.6) is 0 Å². The Morgan fingerprint density at radius 2 is 2.05 bits per heavy atom. The third-order valence-corrected chi connectivity index (χ3v) is 3.74. The van der Waals surface area contributed by atoms with E-state index in [1.165, 1.54) is 16.2 Å². The Hall–Kier alpha value is -1.41. The molecule has 0 spiro atoms. The lowest BCUT2D eigenvalue weighted by Gasteiger charge is -2.21. The van der Waals surface area contributed by atoms with Crippen LogP contribution in [0.25, 0.3) is 10.2 Å². The van der Waals surface area contributed by atoms with Crippen molar-refractivity contribution in [1.29, 1.82) is 0 Å². The maximum absolute atomic E-state index is 12.5. The van der Waals surface area contributed by atoms with E-state index in [4.69, 9.17) is 0 Å². The average molecular weight is 318 g/mol. The van der Waals surface area contributed by atoms with Gasteiger partial charge in [0, 0.05) is 6.54 Å². The van der Waals surface area contributed by atoms with Crippen molar-refractivity contribution in [2.45, 2.75) is 26.6 Å². The van der Waals surface area contributed by atoms with Crippen LogP contribution in [0.15, 0.2) is 11.4 Å². The molecule has 2 rings (SSSR count). The molecule has 0 fully saturated rings. The second-order valence-electron chi connectivity index (χ2n) is 4.58. The van der Waals surface area contributed by atoms with E-state index in [1.807, 2.05) is 18.4 Å². The summed E-state index contributed by atoms with van der Waals surface area (Å²) in [6, 6.07) is 1.91. The molecule has 21 heavy (non-hydrogen) atoms. The summed E-state index contributed by atoms with van der Waals surface area (Å²) in [6.07, 6.45) is -4.21. The predicted octanol–water partition coefficient (Wildman–Crippen LogP) is 3.51. The number of hydrogen-bond acceptors (Lipinski definition) is 5. The van der Waals surface area contributed by atoms with E-state index in [0.717, 1.165) is 10.2 Å². The number of anilines is 1. The van der Waals surface area contributed by atoms with Gasteiger partial charge in [-0.3, -0.25) is 4.90 Å².